The maximum absolute atomic E-state index is 5.60. The first-order valence-electron chi connectivity index (χ1n) is 6.85. The summed E-state index contributed by atoms with van der Waals surface area (Å²) in [6.45, 7) is 9.60. The van der Waals surface area contributed by atoms with Gasteiger partial charge in [0.25, 0.3) is 0 Å². The van der Waals surface area contributed by atoms with Crippen molar-refractivity contribution in [3.05, 3.63) is 29.8 Å². The van der Waals surface area contributed by atoms with Gasteiger partial charge in [-0.3, -0.25) is 0 Å². The van der Waals surface area contributed by atoms with Crippen LogP contribution in [0.4, 0.5) is 0 Å². The van der Waals surface area contributed by atoms with Crippen molar-refractivity contribution in [3.8, 4) is 5.75 Å². The Hall–Kier alpha value is -1.06. The molecule has 0 amide bonds. The van der Waals surface area contributed by atoms with Crippen LogP contribution in [0.5, 0.6) is 5.75 Å². The van der Waals surface area contributed by atoms with E-state index < -0.39 is 0 Å². The second kappa shape index (κ2) is 8.95. The van der Waals surface area contributed by atoms with Crippen molar-refractivity contribution in [3.63, 3.8) is 0 Å². The molecule has 1 aromatic rings. The van der Waals surface area contributed by atoms with Crippen LogP contribution in [-0.2, 0) is 11.2 Å². The van der Waals surface area contributed by atoms with Gasteiger partial charge < -0.3 is 14.8 Å². The zero-order chi connectivity index (χ0) is 13.2. The molecule has 0 fully saturated rings. The number of ether oxygens (including phenoxy) is 2. The Kier molecular flexibility index (Phi) is 7.46. The highest BCUT2D eigenvalue weighted by molar-refractivity contribution is 5.27. The van der Waals surface area contributed by atoms with Crippen molar-refractivity contribution in [2.45, 2.75) is 33.2 Å². The van der Waals surface area contributed by atoms with E-state index in [1.807, 2.05) is 12.1 Å². The molecule has 0 atom stereocenters. The lowest BCUT2D eigenvalue weighted by Gasteiger charge is -2.08. The lowest BCUT2D eigenvalue weighted by Crippen LogP contribution is -2.89. The number of nitrogens with two attached hydrogens (primary N) is 1. The molecule has 102 valence electrons. The van der Waals surface area contributed by atoms with Crippen LogP contribution in [0.15, 0.2) is 24.3 Å². The summed E-state index contributed by atoms with van der Waals surface area (Å²) >= 11 is 0. The quantitative estimate of drug-likeness (QED) is 0.678. The van der Waals surface area contributed by atoms with Crippen molar-refractivity contribution in [1.82, 2.24) is 0 Å². The summed E-state index contributed by atoms with van der Waals surface area (Å²) in [5.41, 5.74) is 1.34. The van der Waals surface area contributed by atoms with Crippen molar-refractivity contribution in [2.24, 2.45) is 0 Å². The van der Waals surface area contributed by atoms with E-state index in [-0.39, 0.29) is 0 Å². The Labute approximate surface area is 110 Å². The third-order valence-corrected chi connectivity index (χ3v) is 2.73. The van der Waals surface area contributed by atoms with E-state index in [0.29, 0.717) is 19.3 Å². The minimum Gasteiger partial charge on any atom is -0.491 e. The van der Waals surface area contributed by atoms with Gasteiger partial charge in [-0.2, -0.15) is 0 Å². The fraction of sp³-hybridized carbons (Fsp3) is 0.600. The zero-order valence-electron chi connectivity index (χ0n) is 11.8. The van der Waals surface area contributed by atoms with Crippen LogP contribution < -0.4 is 10.1 Å². The van der Waals surface area contributed by atoms with Crippen LogP contribution in [0.25, 0.3) is 0 Å². The second-order valence-corrected chi connectivity index (χ2v) is 4.73. The Bertz CT molecular complexity index is 309. The lowest BCUT2D eigenvalue weighted by atomic mass is 10.2. The third-order valence-electron chi connectivity index (χ3n) is 2.73. The van der Waals surface area contributed by atoms with E-state index >= 15 is 0 Å². The summed E-state index contributed by atoms with van der Waals surface area (Å²) in [6, 6.07) is 8.89. The number of rotatable bonds is 9. The molecule has 0 aliphatic rings. The highest BCUT2D eigenvalue weighted by atomic mass is 16.5. The molecule has 0 heterocycles. The van der Waals surface area contributed by atoms with Gasteiger partial charge in [-0.25, -0.2) is 0 Å². The summed E-state index contributed by atoms with van der Waals surface area (Å²) in [5, 5.41) is 2.27. The topological polar surface area (TPSA) is 35.1 Å². The van der Waals surface area contributed by atoms with E-state index in [4.69, 9.17) is 9.47 Å². The summed E-state index contributed by atoms with van der Waals surface area (Å²) < 4.78 is 11.1. The van der Waals surface area contributed by atoms with Gasteiger partial charge >= 0.3 is 0 Å². The Morgan fingerprint density at radius 2 is 1.78 bits per heavy atom. The molecule has 0 saturated heterocycles. The number of hydrogen-bond acceptors (Lipinski definition) is 2. The molecule has 0 saturated carbocycles. The average molecular weight is 252 g/mol. The molecule has 0 aromatic heterocycles. The molecule has 0 unspecified atom stereocenters. The average Bonchev–Trinajstić information content (AvgIpc) is 2.38. The Morgan fingerprint density at radius 3 is 2.39 bits per heavy atom. The standard InChI is InChI=1S/C15H25NO2/c1-4-14-5-7-15(8-6-14)18-12-11-17-10-9-16-13(2)3/h5-8,13,16H,4,9-12H2,1-3H3/p+1. The lowest BCUT2D eigenvalue weighted by molar-refractivity contribution is -0.684. The zero-order valence-corrected chi connectivity index (χ0v) is 11.8. The maximum Gasteiger partial charge on any atom is 0.119 e. The molecule has 0 aliphatic carbocycles. The van der Waals surface area contributed by atoms with Crippen molar-refractivity contribution >= 4 is 0 Å². The smallest absolute Gasteiger partial charge is 0.119 e. The predicted octanol–water partition coefficient (Wildman–Crippen LogP) is 1.62. The normalized spacial score (nSPS) is 10.9. The molecule has 2 N–H and O–H groups in total. The molecule has 0 radical (unpaired) electrons. The van der Waals surface area contributed by atoms with Crippen molar-refractivity contribution in [2.75, 3.05) is 26.4 Å². The van der Waals surface area contributed by atoms with Gasteiger partial charge in [0, 0.05) is 0 Å². The van der Waals surface area contributed by atoms with Gasteiger partial charge in [-0.05, 0) is 38.0 Å². The SMILES string of the molecule is CCc1ccc(OCCOCC[NH2+]C(C)C)cc1. The molecular weight excluding hydrogens is 226 g/mol. The first-order chi connectivity index (χ1) is 8.72. The molecule has 3 heteroatoms. The summed E-state index contributed by atoms with van der Waals surface area (Å²) in [6.07, 6.45) is 1.07. The van der Waals surface area contributed by atoms with Crippen LogP contribution >= 0.6 is 0 Å². The molecular formula is C15H26NO2+. The Balaban J connectivity index is 2.03. The Morgan fingerprint density at radius 1 is 1.06 bits per heavy atom. The summed E-state index contributed by atoms with van der Waals surface area (Å²) in [5.74, 6) is 0.921. The monoisotopic (exact) mass is 252 g/mol. The summed E-state index contributed by atoms with van der Waals surface area (Å²) in [4.78, 5) is 0. The number of benzene rings is 1. The van der Waals surface area contributed by atoms with Crippen LogP contribution in [-0.4, -0.2) is 32.4 Å². The van der Waals surface area contributed by atoms with E-state index in [2.05, 4.69) is 38.2 Å². The van der Waals surface area contributed by atoms with E-state index in [1.54, 1.807) is 0 Å². The van der Waals surface area contributed by atoms with Gasteiger partial charge in [0.05, 0.1) is 25.8 Å². The molecule has 1 aromatic carbocycles. The van der Waals surface area contributed by atoms with Gasteiger partial charge in [0.15, 0.2) is 0 Å². The highest BCUT2D eigenvalue weighted by Gasteiger charge is 1.97. The van der Waals surface area contributed by atoms with E-state index in [0.717, 1.165) is 25.3 Å². The van der Waals surface area contributed by atoms with E-state index in [9.17, 15) is 0 Å². The van der Waals surface area contributed by atoms with Crippen molar-refractivity contribution < 1.29 is 14.8 Å². The molecule has 3 nitrogen and oxygen atoms in total. The highest BCUT2D eigenvalue weighted by Crippen LogP contribution is 2.12. The summed E-state index contributed by atoms with van der Waals surface area (Å²) in [7, 11) is 0. The van der Waals surface area contributed by atoms with Crippen molar-refractivity contribution in [1.29, 1.82) is 0 Å². The molecule has 0 spiro atoms. The van der Waals surface area contributed by atoms with Crippen LogP contribution in [0.3, 0.4) is 0 Å². The number of quaternary nitrogens is 1. The van der Waals surface area contributed by atoms with Crippen LogP contribution in [0, 0.1) is 0 Å². The minimum absolute atomic E-state index is 0.618. The van der Waals surface area contributed by atoms with E-state index in [1.165, 1.54) is 5.56 Å². The minimum atomic E-state index is 0.618. The molecule has 18 heavy (non-hydrogen) atoms. The van der Waals surface area contributed by atoms with Gasteiger partial charge in [0.1, 0.15) is 12.4 Å². The maximum atomic E-state index is 5.60. The number of hydrogen-bond donors (Lipinski definition) is 1. The first-order valence-corrected chi connectivity index (χ1v) is 6.85. The second-order valence-electron chi connectivity index (χ2n) is 4.73. The van der Waals surface area contributed by atoms with Gasteiger partial charge in [-0.15, -0.1) is 0 Å². The van der Waals surface area contributed by atoms with Crippen LogP contribution in [0.1, 0.15) is 26.3 Å². The largest absolute Gasteiger partial charge is 0.491 e. The van der Waals surface area contributed by atoms with Gasteiger partial charge in [-0.1, -0.05) is 19.1 Å². The molecule has 0 aliphatic heterocycles. The fourth-order valence-corrected chi connectivity index (χ4v) is 1.63. The third kappa shape index (κ3) is 6.62. The van der Waals surface area contributed by atoms with Crippen LogP contribution in [0.2, 0.25) is 0 Å². The fourth-order valence-electron chi connectivity index (χ4n) is 1.63. The number of aryl methyl sites for hydroxylation is 1. The molecule has 1 rings (SSSR count). The first kappa shape index (κ1) is 15.0. The molecule has 0 bridgehead atoms. The predicted molar refractivity (Wildman–Crippen MR) is 74.1 cm³/mol. The van der Waals surface area contributed by atoms with Gasteiger partial charge in [0.2, 0.25) is 0 Å².